The molecule has 0 amide bonds. The molecule has 0 saturated carbocycles. The zero-order chi connectivity index (χ0) is 13.2. The van der Waals surface area contributed by atoms with Gasteiger partial charge in [-0.3, -0.25) is 4.98 Å². The number of rotatable bonds is 2. The van der Waals surface area contributed by atoms with Crippen molar-refractivity contribution in [3.8, 4) is 0 Å². The van der Waals surface area contributed by atoms with E-state index in [1.165, 1.54) is 5.39 Å². The van der Waals surface area contributed by atoms with Crippen LogP contribution in [0.1, 0.15) is 17.0 Å². The molecule has 0 aliphatic rings. The number of hydrogen-bond acceptors (Lipinski definition) is 1. The van der Waals surface area contributed by atoms with Gasteiger partial charge in [-0.1, -0.05) is 34.1 Å². The van der Waals surface area contributed by atoms with Crippen LogP contribution in [0.5, 0.6) is 0 Å². The maximum Gasteiger partial charge on any atom is 0.0469 e. The lowest BCUT2D eigenvalue weighted by Crippen LogP contribution is -1.80. The van der Waals surface area contributed by atoms with E-state index in [1.807, 2.05) is 25.3 Å². The number of H-pyrrole nitrogens is 1. The number of aromatic amines is 1. The molecule has 0 saturated heterocycles. The van der Waals surface area contributed by atoms with Crippen LogP contribution in [-0.4, -0.2) is 9.97 Å². The average molecular weight is 313 g/mol. The van der Waals surface area contributed by atoms with Crippen molar-refractivity contribution in [2.75, 3.05) is 0 Å². The highest BCUT2D eigenvalue weighted by Gasteiger charge is 1.98. The summed E-state index contributed by atoms with van der Waals surface area (Å²) in [6.45, 7) is 1.99. The Balaban J connectivity index is 1.90. The van der Waals surface area contributed by atoms with Crippen molar-refractivity contribution >= 4 is 39.0 Å². The van der Waals surface area contributed by atoms with Gasteiger partial charge in [0.05, 0.1) is 0 Å². The van der Waals surface area contributed by atoms with Gasteiger partial charge < -0.3 is 4.98 Å². The van der Waals surface area contributed by atoms with Crippen molar-refractivity contribution in [1.82, 2.24) is 9.97 Å². The minimum Gasteiger partial charge on any atom is -0.355 e. The van der Waals surface area contributed by atoms with E-state index in [0.717, 1.165) is 26.9 Å². The minimum absolute atomic E-state index is 1.03. The molecule has 3 heteroatoms. The highest BCUT2D eigenvalue weighted by molar-refractivity contribution is 9.10. The van der Waals surface area contributed by atoms with Gasteiger partial charge in [0.15, 0.2) is 0 Å². The van der Waals surface area contributed by atoms with Crippen LogP contribution in [0, 0.1) is 6.92 Å². The fourth-order valence-corrected chi connectivity index (χ4v) is 2.34. The summed E-state index contributed by atoms with van der Waals surface area (Å²) in [6, 6.07) is 12.5. The number of pyridine rings is 1. The molecule has 3 aromatic rings. The molecule has 94 valence electrons. The number of nitrogens with one attached hydrogen (secondary N) is 1. The average Bonchev–Trinajstić information content (AvgIpc) is 2.80. The molecule has 1 aromatic carbocycles. The molecule has 1 N–H and O–H groups in total. The van der Waals surface area contributed by atoms with Gasteiger partial charge in [0, 0.05) is 33.0 Å². The highest BCUT2D eigenvalue weighted by atomic mass is 79.9. The minimum atomic E-state index is 1.03. The Morgan fingerprint density at radius 2 is 2.00 bits per heavy atom. The molecule has 2 aromatic heterocycles. The molecule has 2 heterocycles. The van der Waals surface area contributed by atoms with Crippen LogP contribution < -0.4 is 0 Å². The van der Waals surface area contributed by atoms with Crippen LogP contribution in [0.2, 0.25) is 0 Å². The predicted molar refractivity (Wildman–Crippen MR) is 83.9 cm³/mol. The van der Waals surface area contributed by atoms with Crippen LogP contribution in [0.25, 0.3) is 23.1 Å². The van der Waals surface area contributed by atoms with E-state index >= 15 is 0 Å². The van der Waals surface area contributed by atoms with Gasteiger partial charge in [-0.25, -0.2) is 0 Å². The van der Waals surface area contributed by atoms with Crippen LogP contribution >= 0.6 is 15.9 Å². The fourth-order valence-electron chi connectivity index (χ4n) is 1.98. The van der Waals surface area contributed by atoms with Crippen molar-refractivity contribution in [3.63, 3.8) is 0 Å². The van der Waals surface area contributed by atoms with Crippen LogP contribution in [0.4, 0.5) is 0 Å². The van der Waals surface area contributed by atoms with Gasteiger partial charge >= 0.3 is 0 Å². The summed E-state index contributed by atoms with van der Waals surface area (Å²) in [5, 5.41) is 1.21. The van der Waals surface area contributed by atoms with Crippen LogP contribution in [0.3, 0.4) is 0 Å². The monoisotopic (exact) mass is 312 g/mol. The first kappa shape index (κ1) is 12.2. The molecule has 0 fully saturated rings. The molecule has 0 aliphatic carbocycles. The summed E-state index contributed by atoms with van der Waals surface area (Å²) in [6.07, 6.45) is 6.01. The van der Waals surface area contributed by atoms with E-state index < -0.39 is 0 Å². The number of aromatic nitrogens is 2. The summed E-state index contributed by atoms with van der Waals surface area (Å²) in [5.41, 5.74) is 4.36. The third-order valence-electron chi connectivity index (χ3n) is 2.99. The van der Waals surface area contributed by atoms with Gasteiger partial charge in [0.2, 0.25) is 0 Å². The zero-order valence-electron chi connectivity index (χ0n) is 10.5. The first-order valence-electron chi connectivity index (χ1n) is 6.10. The number of aryl methyl sites for hydroxylation is 1. The SMILES string of the molecule is Cc1ccc(C=Cc2cc3ccc(Br)cc3[nH]2)cn1. The van der Waals surface area contributed by atoms with Gasteiger partial charge in [0.1, 0.15) is 0 Å². The molecular weight excluding hydrogens is 300 g/mol. The second kappa shape index (κ2) is 5.02. The lowest BCUT2D eigenvalue weighted by Gasteiger charge is -1.93. The lowest BCUT2D eigenvalue weighted by molar-refractivity contribution is 1.19. The summed E-state index contributed by atoms with van der Waals surface area (Å²) >= 11 is 3.48. The van der Waals surface area contributed by atoms with Gasteiger partial charge in [-0.15, -0.1) is 0 Å². The van der Waals surface area contributed by atoms with E-state index in [9.17, 15) is 0 Å². The van der Waals surface area contributed by atoms with Crippen molar-refractivity contribution in [2.45, 2.75) is 6.92 Å². The Kier molecular flexibility index (Phi) is 3.22. The van der Waals surface area contributed by atoms with Crippen molar-refractivity contribution in [1.29, 1.82) is 0 Å². The van der Waals surface area contributed by atoms with Crippen LogP contribution in [-0.2, 0) is 0 Å². The molecule has 3 rings (SSSR count). The number of halogens is 1. The molecule has 2 nitrogen and oxygen atoms in total. The first-order valence-corrected chi connectivity index (χ1v) is 6.89. The van der Waals surface area contributed by atoms with E-state index in [0.29, 0.717) is 0 Å². The molecular formula is C16H13BrN2. The van der Waals surface area contributed by atoms with Crippen molar-refractivity contribution < 1.29 is 0 Å². The molecule has 0 atom stereocenters. The topological polar surface area (TPSA) is 28.7 Å². The van der Waals surface area contributed by atoms with E-state index in [2.05, 4.69) is 62.3 Å². The van der Waals surface area contributed by atoms with Crippen molar-refractivity contribution in [3.05, 3.63) is 64.0 Å². The smallest absolute Gasteiger partial charge is 0.0469 e. The van der Waals surface area contributed by atoms with Crippen molar-refractivity contribution in [2.24, 2.45) is 0 Å². The Morgan fingerprint density at radius 1 is 1.11 bits per heavy atom. The molecule has 0 unspecified atom stereocenters. The highest BCUT2D eigenvalue weighted by Crippen LogP contribution is 2.21. The normalized spacial score (nSPS) is 11.5. The summed E-state index contributed by atoms with van der Waals surface area (Å²) in [4.78, 5) is 7.66. The molecule has 0 bridgehead atoms. The third kappa shape index (κ3) is 2.76. The number of fused-ring (bicyclic) bond motifs is 1. The maximum atomic E-state index is 4.28. The van der Waals surface area contributed by atoms with Gasteiger partial charge in [0.25, 0.3) is 0 Å². The zero-order valence-corrected chi connectivity index (χ0v) is 12.1. The van der Waals surface area contributed by atoms with Gasteiger partial charge in [-0.05, 0) is 42.8 Å². The second-order valence-corrected chi connectivity index (χ2v) is 5.44. The largest absolute Gasteiger partial charge is 0.355 e. The Morgan fingerprint density at radius 3 is 2.79 bits per heavy atom. The predicted octanol–water partition coefficient (Wildman–Crippen LogP) is 4.80. The van der Waals surface area contributed by atoms with E-state index in [-0.39, 0.29) is 0 Å². The summed E-state index contributed by atoms with van der Waals surface area (Å²) < 4.78 is 1.08. The maximum absolute atomic E-state index is 4.28. The second-order valence-electron chi connectivity index (χ2n) is 4.52. The van der Waals surface area contributed by atoms with E-state index in [4.69, 9.17) is 0 Å². The number of nitrogens with zero attached hydrogens (tertiary/aromatic N) is 1. The number of benzene rings is 1. The standard InChI is InChI=1S/C16H13BrN2/c1-11-2-3-12(10-18-11)4-7-15-8-13-5-6-14(17)9-16(13)19-15/h2-10,19H,1H3. The Hall–Kier alpha value is -1.87. The summed E-state index contributed by atoms with van der Waals surface area (Å²) in [7, 11) is 0. The molecule has 0 aliphatic heterocycles. The van der Waals surface area contributed by atoms with Gasteiger partial charge in [-0.2, -0.15) is 0 Å². The summed E-state index contributed by atoms with van der Waals surface area (Å²) in [5.74, 6) is 0. The fraction of sp³-hybridized carbons (Fsp3) is 0.0625. The Labute approximate surface area is 120 Å². The van der Waals surface area contributed by atoms with E-state index in [1.54, 1.807) is 0 Å². The third-order valence-corrected chi connectivity index (χ3v) is 3.49. The number of hydrogen-bond donors (Lipinski definition) is 1. The first-order chi connectivity index (χ1) is 9.20. The quantitative estimate of drug-likeness (QED) is 0.723. The molecule has 19 heavy (non-hydrogen) atoms. The molecule has 0 spiro atoms. The Bertz CT molecular complexity index is 739. The van der Waals surface area contributed by atoms with Crippen LogP contribution in [0.15, 0.2) is 47.1 Å². The lowest BCUT2D eigenvalue weighted by atomic mass is 10.2. The molecule has 0 radical (unpaired) electrons.